The Labute approximate surface area is 136 Å². The molecule has 4 heteroatoms. The first kappa shape index (κ1) is 15.3. The number of hydrogen-bond donors (Lipinski definition) is 1. The van der Waals surface area contributed by atoms with Crippen LogP contribution in [0.2, 0.25) is 0 Å². The van der Waals surface area contributed by atoms with Crippen LogP contribution in [0.25, 0.3) is 10.8 Å². The van der Waals surface area contributed by atoms with Crippen molar-refractivity contribution in [2.45, 2.75) is 33.4 Å². The monoisotopic (exact) mass is 307 g/mol. The number of rotatable bonds is 5. The maximum atomic E-state index is 5.99. The summed E-state index contributed by atoms with van der Waals surface area (Å²) in [4.78, 5) is 8.62. The zero-order chi connectivity index (χ0) is 16.2. The molecule has 4 nitrogen and oxygen atoms in total. The van der Waals surface area contributed by atoms with Crippen molar-refractivity contribution in [2.75, 3.05) is 5.32 Å². The van der Waals surface area contributed by atoms with Gasteiger partial charge in [0.25, 0.3) is 0 Å². The predicted molar refractivity (Wildman–Crippen MR) is 93.8 cm³/mol. The summed E-state index contributed by atoms with van der Waals surface area (Å²) in [6, 6.07) is 12.5. The van der Waals surface area contributed by atoms with Crippen LogP contribution in [-0.2, 0) is 6.54 Å². The van der Waals surface area contributed by atoms with Crippen molar-refractivity contribution < 1.29 is 4.74 Å². The SMILES string of the molecule is Cc1cncc(NCc2c(OC(C)C)ccc3ccccc23)n1. The van der Waals surface area contributed by atoms with Gasteiger partial charge in [-0.15, -0.1) is 0 Å². The molecule has 0 saturated carbocycles. The average molecular weight is 307 g/mol. The van der Waals surface area contributed by atoms with Crippen molar-refractivity contribution in [3.05, 3.63) is 60.0 Å². The smallest absolute Gasteiger partial charge is 0.145 e. The van der Waals surface area contributed by atoms with E-state index in [-0.39, 0.29) is 6.10 Å². The second-order valence-corrected chi connectivity index (χ2v) is 5.83. The van der Waals surface area contributed by atoms with Crippen molar-refractivity contribution in [3.63, 3.8) is 0 Å². The van der Waals surface area contributed by atoms with E-state index in [0.717, 1.165) is 22.8 Å². The molecule has 3 rings (SSSR count). The van der Waals surface area contributed by atoms with Crippen LogP contribution in [0.4, 0.5) is 5.82 Å². The highest BCUT2D eigenvalue weighted by atomic mass is 16.5. The molecule has 0 radical (unpaired) electrons. The van der Waals surface area contributed by atoms with E-state index in [0.29, 0.717) is 6.54 Å². The van der Waals surface area contributed by atoms with Crippen LogP contribution >= 0.6 is 0 Å². The van der Waals surface area contributed by atoms with Gasteiger partial charge in [-0.1, -0.05) is 30.3 Å². The fourth-order valence-electron chi connectivity index (χ4n) is 2.59. The summed E-state index contributed by atoms with van der Waals surface area (Å²) in [6.07, 6.45) is 3.62. The zero-order valence-corrected chi connectivity index (χ0v) is 13.7. The number of benzene rings is 2. The maximum absolute atomic E-state index is 5.99. The van der Waals surface area contributed by atoms with Gasteiger partial charge in [0, 0.05) is 18.3 Å². The van der Waals surface area contributed by atoms with E-state index in [1.54, 1.807) is 12.4 Å². The molecular formula is C19H21N3O. The lowest BCUT2D eigenvalue weighted by Crippen LogP contribution is -2.10. The van der Waals surface area contributed by atoms with Gasteiger partial charge in [0.1, 0.15) is 11.6 Å². The Kier molecular flexibility index (Phi) is 4.42. The Morgan fingerprint density at radius 1 is 1.09 bits per heavy atom. The summed E-state index contributed by atoms with van der Waals surface area (Å²) in [5.74, 6) is 1.68. The first-order valence-electron chi connectivity index (χ1n) is 7.83. The van der Waals surface area contributed by atoms with Gasteiger partial charge in [-0.3, -0.25) is 4.98 Å². The van der Waals surface area contributed by atoms with Gasteiger partial charge < -0.3 is 10.1 Å². The van der Waals surface area contributed by atoms with Crippen LogP contribution in [0, 0.1) is 6.92 Å². The Balaban J connectivity index is 1.96. The van der Waals surface area contributed by atoms with Gasteiger partial charge in [0.15, 0.2) is 0 Å². The summed E-state index contributed by atoms with van der Waals surface area (Å²) >= 11 is 0. The molecule has 0 spiro atoms. The van der Waals surface area contributed by atoms with Gasteiger partial charge in [0.2, 0.25) is 0 Å². The lowest BCUT2D eigenvalue weighted by atomic mass is 10.0. The van der Waals surface area contributed by atoms with Gasteiger partial charge in [-0.2, -0.15) is 0 Å². The average Bonchev–Trinajstić information content (AvgIpc) is 2.53. The van der Waals surface area contributed by atoms with Crippen LogP contribution in [0.5, 0.6) is 5.75 Å². The lowest BCUT2D eigenvalue weighted by Gasteiger charge is -2.17. The van der Waals surface area contributed by atoms with Crippen LogP contribution in [0.15, 0.2) is 48.8 Å². The van der Waals surface area contributed by atoms with Gasteiger partial charge >= 0.3 is 0 Å². The molecule has 0 aliphatic rings. The van der Waals surface area contributed by atoms with E-state index in [9.17, 15) is 0 Å². The molecular weight excluding hydrogens is 286 g/mol. The molecule has 0 amide bonds. The third-order valence-electron chi connectivity index (χ3n) is 3.56. The molecule has 118 valence electrons. The summed E-state index contributed by atoms with van der Waals surface area (Å²) in [7, 11) is 0. The minimum atomic E-state index is 0.133. The van der Waals surface area contributed by atoms with E-state index in [1.165, 1.54) is 10.8 Å². The van der Waals surface area contributed by atoms with E-state index in [1.807, 2.05) is 26.8 Å². The summed E-state index contributed by atoms with van der Waals surface area (Å²) in [5, 5.41) is 5.75. The Morgan fingerprint density at radius 3 is 2.70 bits per heavy atom. The second kappa shape index (κ2) is 6.65. The van der Waals surface area contributed by atoms with Crippen LogP contribution in [-0.4, -0.2) is 16.1 Å². The number of nitrogens with one attached hydrogen (secondary N) is 1. The van der Waals surface area contributed by atoms with E-state index >= 15 is 0 Å². The normalized spacial score (nSPS) is 11.0. The summed E-state index contributed by atoms with van der Waals surface area (Å²) in [5.41, 5.74) is 2.03. The number of anilines is 1. The van der Waals surface area contributed by atoms with Gasteiger partial charge in [0.05, 0.1) is 18.0 Å². The highest BCUT2D eigenvalue weighted by molar-refractivity contribution is 5.88. The van der Waals surface area contributed by atoms with Crippen molar-refractivity contribution in [1.29, 1.82) is 0 Å². The van der Waals surface area contributed by atoms with Crippen molar-refractivity contribution in [2.24, 2.45) is 0 Å². The van der Waals surface area contributed by atoms with Crippen molar-refractivity contribution in [3.8, 4) is 5.75 Å². The molecule has 0 aliphatic heterocycles. The third kappa shape index (κ3) is 3.59. The van der Waals surface area contributed by atoms with E-state index in [4.69, 9.17) is 4.74 Å². The molecule has 0 bridgehead atoms. The lowest BCUT2D eigenvalue weighted by molar-refractivity contribution is 0.240. The Hall–Kier alpha value is -2.62. The van der Waals surface area contributed by atoms with Crippen LogP contribution in [0.3, 0.4) is 0 Å². The quantitative estimate of drug-likeness (QED) is 0.762. The fraction of sp³-hybridized carbons (Fsp3) is 0.263. The van der Waals surface area contributed by atoms with E-state index < -0.39 is 0 Å². The molecule has 23 heavy (non-hydrogen) atoms. The molecule has 0 saturated heterocycles. The standard InChI is InChI=1S/C19H21N3O/c1-13(2)23-18-9-8-15-6-4-5-7-16(15)17(18)11-21-19-12-20-10-14(3)22-19/h4-10,12-13H,11H2,1-3H3,(H,21,22). The highest BCUT2D eigenvalue weighted by Gasteiger charge is 2.10. The molecule has 0 fully saturated rings. The molecule has 3 aromatic rings. The van der Waals surface area contributed by atoms with Crippen molar-refractivity contribution >= 4 is 16.6 Å². The molecule has 1 N–H and O–H groups in total. The minimum Gasteiger partial charge on any atom is -0.491 e. The molecule has 0 aliphatic carbocycles. The maximum Gasteiger partial charge on any atom is 0.145 e. The van der Waals surface area contributed by atoms with Crippen molar-refractivity contribution in [1.82, 2.24) is 9.97 Å². The van der Waals surface area contributed by atoms with Gasteiger partial charge in [-0.25, -0.2) is 4.98 Å². The first-order valence-corrected chi connectivity index (χ1v) is 7.83. The highest BCUT2D eigenvalue weighted by Crippen LogP contribution is 2.29. The fourth-order valence-corrected chi connectivity index (χ4v) is 2.59. The summed E-state index contributed by atoms with van der Waals surface area (Å²) in [6.45, 7) is 6.65. The van der Waals surface area contributed by atoms with Gasteiger partial charge in [-0.05, 0) is 37.6 Å². The second-order valence-electron chi connectivity index (χ2n) is 5.83. The Bertz CT molecular complexity index is 815. The number of fused-ring (bicyclic) bond motifs is 1. The zero-order valence-electron chi connectivity index (χ0n) is 13.7. The number of hydrogen-bond acceptors (Lipinski definition) is 4. The number of aromatic nitrogens is 2. The predicted octanol–water partition coefficient (Wildman–Crippen LogP) is 4.34. The van der Waals surface area contributed by atoms with E-state index in [2.05, 4.69) is 45.6 Å². The molecule has 1 heterocycles. The molecule has 0 unspecified atom stereocenters. The Morgan fingerprint density at radius 2 is 1.91 bits per heavy atom. The third-order valence-corrected chi connectivity index (χ3v) is 3.56. The minimum absolute atomic E-state index is 0.133. The van der Waals surface area contributed by atoms with Crippen LogP contribution < -0.4 is 10.1 Å². The summed E-state index contributed by atoms with van der Waals surface area (Å²) < 4.78 is 5.99. The number of nitrogens with zero attached hydrogens (tertiary/aromatic N) is 2. The van der Waals surface area contributed by atoms with Crippen LogP contribution in [0.1, 0.15) is 25.1 Å². The first-order chi connectivity index (χ1) is 11.1. The number of aryl methyl sites for hydroxylation is 1. The molecule has 2 aromatic carbocycles. The molecule has 0 atom stereocenters. The largest absolute Gasteiger partial charge is 0.491 e. The number of ether oxygens (including phenoxy) is 1. The topological polar surface area (TPSA) is 47.0 Å². The molecule has 1 aromatic heterocycles.